The molecular formula is C18H22N4O3. The number of hydrogen-bond acceptors (Lipinski definition) is 5. The Morgan fingerprint density at radius 3 is 2.68 bits per heavy atom. The zero-order valence-electron chi connectivity index (χ0n) is 14.2. The van der Waals surface area contributed by atoms with Crippen molar-refractivity contribution in [2.24, 2.45) is 11.7 Å². The topological polar surface area (TPSA) is 110 Å². The Morgan fingerprint density at radius 1 is 1.24 bits per heavy atom. The fourth-order valence-corrected chi connectivity index (χ4v) is 2.99. The van der Waals surface area contributed by atoms with E-state index in [9.17, 15) is 9.59 Å². The number of benzene rings is 1. The zero-order valence-corrected chi connectivity index (χ0v) is 14.2. The lowest BCUT2D eigenvalue weighted by molar-refractivity contribution is -0.119. The summed E-state index contributed by atoms with van der Waals surface area (Å²) in [4.78, 5) is 28.8. The van der Waals surface area contributed by atoms with Gasteiger partial charge in [0.25, 0.3) is 5.91 Å². The van der Waals surface area contributed by atoms with Gasteiger partial charge in [-0.1, -0.05) is 18.9 Å². The summed E-state index contributed by atoms with van der Waals surface area (Å²) in [6.45, 7) is 2.04. The second-order valence-electron chi connectivity index (χ2n) is 6.30. The fourth-order valence-electron chi connectivity index (χ4n) is 2.99. The Bertz CT molecular complexity index is 778. The number of hydrogen-bond donors (Lipinski definition) is 3. The molecule has 2 aromatic rings. The first-order chi connectivity index (χ1) is 12.1. The van der Waals surface area contributed by atoms with Crippen molar-refractivity contribution in [1.29, 1.82) is 0 Å². The number of carbonyl (C=O) groups is 2. The van der Waals surface area contributed by atoms with E-state index < -0.39 is 5.91 Å². The molecule has 0 spiro atoms. The second-order valence-corrected chi connectivity index (χ2v) is 6.30. The van der Waals surface area contributed by atoms with Gasteiger partial charge < -0.3 is 20.8 Å². The normalized spacial score (nSPS) is 14.5. The molecule has 7 nitrogen and oxygen atoms in total. The predicted molar refractivity (Wildman–Crippen MR) is 94.1 cm³/mol. The minimum atomic E-state index is -0.412. The molecule has 1 heterocycles. The third-order valence-corrected chi connectivity index (χ3v) is 4.37. The maximum Gasteiger partial charge on any atom is 0.277 e. The summed E-state index contributed by atoms with van der Waals surface area (Å²) in [5, 5.41) is 5.72. The van der Waals surface area contributed by atoms with Gasteiger partial charge in [0, 0.05) is 5.92 Å². The highest BCUT2D eigenvalue weighted by molar-refractivity contribution is 6.06. The molecule has 1 saturated carbocycles. The van der Waals surface area contributed by atoms with Crippen LogP contribution in [0.25, 0.3) is 0 Å². The highest BCUT2D eigenvalue weighted by atomic mass is 16.3. The van der Waals surface area contributed by atoms with Crippen molar-refractivity contribution in [3.05, 3.63) is 41.6 Å². The van der Waals surface area contributed by atoms with Gasteiger partial charge in [0.15, 0.2) is 5.69 Å². The average Bonchev–Trinajstić information content (AvgIpc) is 3.28. The smallest absolute Gasteiger partial charge is 0.277 e. The summed E-state index contributed by atoms with van der Waals surface area (Å²) in [7, 11) is 0. The van der Waals surface area contributed by atoms with E-state index in [0.29, 0.717) is 17.3 Å². The van der Waals surface area contributed by atoms with Gasteiger partial charge in [0.05, 0.1) is 17.9 Å². The molecule has 1 aliphatic rings. The first-order valence-corrected chi connectivity index (χ1v) is 8.44. The zero-order chi connectivity index (χ0) is 17.8. The number of nitrogens with one attached hydrogen (secondary N) is 2. The molecule has 0 saturated heterocycles. The minimum absolute atomic E-state index is 0.00343. The number of aryl methyl sites for hydroxylation is 1. The monoisotopic (exact) mass is 342 g/mol. The van der Waals surface area contributed by atoms with Crippen LogP contribution in [0.15, 0.2) is 28.9 Å². The largest absolute Gasteiger partial charge is 0.447 e. The summed E-state index contributed by atoms with van der Waals surface area (Å²) >= 11 is 0. The van der Waals surface area contributed by atoms with Crippen molar-refractivity contribution in [2.75, 3.05) is 10.6 Å². The van der Waals surface area contributed by atoms with Crippen LogP contribution in [0.2, 0.25) is 0 Å². The Kier molecular flexibility index (Phi) is 5.14. The van der Waals surface area contributed by atoms with Crippen LogP contribution < -0.4 is 16.4 Å². The van der Waals surface area contributed by atoms with Gasteiger partial charge in [-0.2, -0.15) is 0 Å². The van der Waals surface area contributed by atoms with Crippen molar-refractivity contribution >= 4 is 23.2 Å². The highest BCUT2D eigenvalue weighted by Gasteiger charge is 2.23. The number of amides is 2. The van der Waals surface area contributed by atoms with Gasteiger partial charge in [0.2, 0.25) is 11.8 Å². The van der Waals surface area contributed by atoms with Gasteiger partial charge in [-0.05, 0) is 37.5 Å². The Labute approximate surface area is 146 Å². The maximum atomic E-state index is 12.4. The van der Waals surface area contributed by atoms with Crippen molar-refractivity contribution in [3.8, 4) is 0 Å². The minimum Gasteiger partial charge on any atom is -0.447 e. The van der Waals surface area contributed by atoms with Crippen molar-refractivity contribution < 1.29 is 14.0 Å². The third kappa shape index (κ3) is 4.06. The standard InChI is InChI=1S/C18H22N4O3/c1-11-6-7-13(21-17(23)12-4-2-3-5-12)14(8-11)22-18(24)15-10-25-16(9-19)20-15/h6-8,10,12H,2-5,9,19H2,1H3,(H,21,23)(H,22,24). The number of oxazole rings is 1. The van der Waals surface area contributed by atoms with Crippen molar-refractivity contribution in [3.63, 3.8) is 0 Å². The van der Waals surface area contributed by atoms with Crippen LogP contribution in [-0.4, -0.2) is 16.8 Å². The van der Waals surface area contributed by atoms with Gasteiger partial charge in [0.1, 0.15) is 6.26 Å². The summed E-state index contributed by atoms with van der Waals surface area (Å²) in [5.74, 6) is -0.0641. The van der Waals surface area contributed by atoms with E-state index in [1.54, 1.807) is 6.07 Å². The molecule has 0 atom stereocenters. The molecule has 0 unspecified atom stereocenters. The number of nitrogens with zero attached hydrogens (tertiary/aromatic N) is 1. The molecule has 3 rings (SSSR count). The summed E-state index contributed by atoms with van der Waals surface area (Å²) in [5.41, 5.74) is 7.67. The van der Waals surface area contributed by atoms with Gasteiger partial charge in [-0.25, -0.2) is 4.98 Å². The second kappa shape index (κ2) is 7.48. The van der Waals surface area contributed by atoms with Crippen LogP contribution in [0.4, 0.5) is 11.4 Å². The molecule has 0 aliphatic heterocycles. The molecule has 1 aromatic carbocycles. The highest BCUT2D eigenvalue weighted by Crippen LogP contribution is 2.29. The number of carbonyl (C=O) groups excluding carboxylic acids is 2. The van der Waals surface area contributed by atoms with Crippen LogP contribution in [-0.2, 0) is 11.3 Å². The van der Waals surface area contributed by atoms with E-state index in [2.05, 4.69) is 15.6 Å². The van der Waals surface area contributed by atoms with Crippen LogP contribution >= 0.6 is 0 Å². The molecule has 0 bridgehead atoms. The number of aromatic nitrogens is 1. The quantitative estimate of drug-likeness (QED) is 0.774. The lowest BCUT2D eigenvalue weighted by Gasteiger charge is -2.15. The lowest BCUT2D eigenvalue weighted by Crippen LogP contribution is -2.22. The van der Waals surface area contributed by atoms with Gasteiger partial charge in [-0.3, -0.25) is 9.59 Å². The number of nitrogens with two attached hydrogens (primary N) is 1. The Morgan fingerprint density at radius 2 is 2.00 bits per heavy atom. The molecule has 7 heteroatoms. The van der Waals surface area contributed by atoms with E-state index in [-0.39, 0.29) is 24.1 Å². The predicted octanol–water partition coefficient (Wildman–Crippen LogP) is 2.82. The van der Waals surface area contributed by atoms with Crippen LogP contribution in [0.5, 0.6) is 0 Å². The number of rotatable bonds is 5. The molecule has 1 fully saturated rings. The van der Waals surface area contributed by atoms with Crippen molar-refractivity contribution in [1.82, 2.24) is 4.98 Å². The van der Waals surface area contributed by atoms with Crippen LogP contribution in [0.1, 0.15) is 47.6 Å². The van der Waals surface area contributed by atoms with Crippen LogP contribution in [0, 0.1) is 12.8 Å². The van der Waals surface area contributed by atoms with Crippen molar-refractivity contribution in [2.45, 2.75) is 39.2 Å². The van der Waals surface area contributed by atoms with E-state index in [4.69, 9.17) is 10.2 Å². The first kappa shape index (κ1) is 17.2. The fraction of sp³-hybridized carbons (Fsp3) is 0.389. The molecular weight excluding hydrogens is 320 g/mol. The summed E-state index contributed by atoms with van der Waals surface area (Å²) in [6, 6.07) is 5.50. The van der Waals surface area contributed by atoms with Gasteiger partial charge >= 0.3 is 0 Å². The van der Waals surface area contributed by atoms with Gasteiger partial charge in [-0.15, -0.1) is 0 Å². The molecule has 1 aliphatic carbocycles. The summed E-state index contributed by atoms with van der Waals surface area (Å²) < 4.78 is 5.09. The third-order valence-electron chi connectivity index (χ3n) is 4.37. The molecule has 1 aromatic heterocycles. The molecule has 0 radical (unpaired) electrons. The molecule has 25 heavy (non-hydrogen) atoms. The summed E-state index contributed by atoms with van der Waals surface area (Å²) in [6.07, 6.45) is 5.28. The molecule has 2 amide bonds. The lowest BCUT2D eigenvalue weighted by atomic mass is 10.1. The van der Waals surface area contributed by atoms with E-state index in [1.165, 1.54) is 6.26 Å². The Balaban J connectivity index is 1.76. The maximum absolute atomic E-state index is 12.4. The Hall–Kier alpha value is -2.67. The average molecular weight is 342 g/mol. The SMILES string of the molecule is Cc1ccc(NC(=O)C2CCCC2)c(NC(=O)c2coc(CN)n2)c1. The van der Waals surface area contributed by atoms with E-state index >= 15 is 0 Å². The van der Waals surface area contributed by atoms with Crippen LogP contribution in [0.3, 0.4) is 0 Å². The molecule has 4 N–H and O–H groups in total. The molecule has 132 valence electrons. The number of anilines is 2. The first-order valence-electron chi connectivity index (χ1n) is 8.44. The van der Waals surface area contributed by atoms with E-state index in [1.807, 2.05) is 19.1 Å². The van der Waals surface area contributed by atoms with E-state index in [0.717, 1.165) is 31.2 Å².